The highest BCUT2D eigenvalue weighted by Gasteiger charge is 2.43. The smallest absolute Gasteiger partial charge is 0.165 e. The molecule has 0 aromatic rings. The van der Waals surface area contributed by atoms with Gasteiger partial charge in [-0.15, -0.1) is 0 Å². The van der Waals surface area contributed by atoms with Gasteiger partial charge < -0.3 is 0 Å². The first-order valence-corrected chi connectivity index (χ1v) is 5.76. The van der Waals surface area contributed by atoms with Crippen molar-refractivity contribution >= 4 is 5.78 Å². The van der Waals surface area contributed by atoms with E-state index >= 15 is 0 Å². The van der Waals surface area contributed by atoms with E-state index < -0.39 is 0 Å². The Kier molecular flexibility index (Phi) is 1.79. The van der Waals surface area contributed by atoms with E-state index in [9.17, 15) is 4.79 Å². The SMILES string of the molecule is C=C(C)C(=O)C1C/C1=C1/CC2C=CC1C2. The number of hydrogen-bond acceptors (Lipinski definition) is 1. The van der Waals surface area contributed by atoms with Crippen molar-refractivity contribution in [3.8, 4) is 0 Å². The molecule has 0 aromatic heterocycles. The molecule has 1 nitrogen and oxygen atoms in total. The summed E-state index contributed by atoms with van der Waals surface area (Å²) in [4.78, 5) is 11.7. The number of rotatable bonds is 2. The number of hydrogen-bond donors (Lipinski definition) is 0. The predicted octanol–water partition coefficient (Wildman–Crippen LogP) is 3.04. The zero-order valence-electron chi connectivity index (χ0n) is 9.12. The van der Waals surface area contributed by atoms with Gasteiger partial charge in [-0.1, -0.05) is 29.9 Å². The molecule has 15 heavy (non-hydrogen) atoms. The van der Waals surface area contributed by atoms with Crippen molar-refractivity contribution in [3.63, 3.8) is 0 Å². The Hall–Kier alpha value is -1.11. The summed E-state index contributed by atoms with van der Waals surface area (Å²) >= 11 is 0. The summed E-state index contributed by atoms with van der Waals surface area (Å²) < 4.78 is 0. The minimum atomic E-state index is 0.213. The maximum Gasteiger partial charge on any atom is 0.165 e. The first-order chi connectivity index (χ1) is 7.16. The number of fused-ring (bicyclic) bond motifs is 2. The fourth-order valence-electron chi connectivity index (χ4n) is 3.05. The molecule has 3 unspecified atom stereocenters. The summed E-state index contributed by atoms with van der Waals surface area (Å²) in [7, 11) is 0. The van der Waals surface area contributed by atoms with Crippen LogP contribution >= 0.6 is 0 Å². The van der Waals surface area contributed by atoms with E-state index in [0.717, 1.165) is 12.3 Å². The predicted molar refractivity (Wildman–Crippen MR) is 60.3 cm³/mol. The molecule has 0 N–H and O–H groups in total. The lowest BCUT2D eigenvalue weighted by Crippen LogP contribution is -2.02. The normalized spacial score (nSPS) is 41.0. The van der Waals surface area contributed by atoms with E-state index in [2.05, 4.69) is 18.7 Å². The van der Waals surface area contributed by atoms with Crippen molar-refractivity contribution in [2.45, 2.75) is 26.2 Å². The summed E-state index contributed by atoms with van der Waals surface area (Å²) in [6, 6.07) is 0. The average molecular weight is 200 g/mol. The van der Waals surface area contributed by atoms with Gasteiger partial charge in [0.15, 0.2) is 5.78 Å². The Labute approximate surface area is 90.6 Å². The maximum absolute atomic E-state index is 11.7. The Morgan fingerprint density at radius 1 is 1.33 bits per heavy atom. The van der Waals surface area contributed by atoms with Crippen molar-refractivity contribution < 1.29 is 4.79 Å². The number of Topliss-reactive ketones (excluding diaryl/α,β-unsaturated/α-hetero) is 1. The molecule has 0 aliphatic heterocycles. The van der Waals surface area contributed by atoms with E-state index in [1.54, 1.807) is 5.57 Å². The van der Waals surface area contributed by atoms with Crippen LogP contribution < -0.4 is 0 Å². The summed E-state index contributed by atoms with van der Waals surface area (Å²) in [6.07, 6.45) is 8.20. The molecule has 0 heterocycles. The van der Waals surface area contributed by atoms with Gasteiger partial charge in [-0.3, -0.25) is 4.79 Å². The van der Waals surface area contributed by atoms with Crippen LogP contribution in [-0.4, -0.2) is 5.78 Å². The van der Waals surface area contributed by atoms with Crippen molar-refractivity contribution in [2.75, 3.05) is 0 Å². The number of carbonyl (C=O) groups excluding carboxylic acids is 1. The summed E-state index contributed by atoms with van der Waals surface area (Å²) in [5, 5.41) is 0. The van der Waals surface area contributed by atoms with Crippen LogP contribution in [0.2, 0.25) is 0 Å². The third kappa shape index (κ3) is 1.33. The van der Waals surface area contributed by atoms with E-state index in [1.807, 2.05) is 6.92 Å². The van der Waals surface area contributed by atoms with Crippen LogP contribution in [-0.2, 0) is 4.79 Å². The van der Waals surface area contributed by atoms with Crippen LogP contribution in [0.1, 0.15) is 26.2 Å². The average Bonchev–Trinajstić information content (AvgIpc) is 2.72. The number of carbonyl (C=O) groups is 1. The topological polar surface area (TPSA) is 17.1 Å². The molecule has 3 atom stereocenters. The van der Waals surface area contributed by atoms with E-state index in [1.165, 1.54) is 18.4 Å². The van der Waals surface area contributed by atoms with Crippen LogP contribution in [0.3, 0.4) is 0 Å². The molecule has 2 bridgehead atoms. The molecular weight excluding hydrogens is 184 g/mol. The first-order valence-electron chi connectivity index (χ1n) is 5.76. The van der Waals surface area contributed by atoms with Gasteiger partial charge in [-0.2, -0.15) is 0 Å². The van der Waals surface area contributed by atoms with Crippen LogP contribution in [0, 0.1) is 17.8 Å². The number of allylic oxidation sites excluding steroid dienone is 5. The molecule has 0 radical (unpaired) electrons. The summed E-state index contributed by atoms with van der Waals surface area (Å²) in [5.41, 5.74) is 3.75. The Bertz CT molecular complexity index is 411. The Balaban J connectivity index is 1.82. The zero-order chi connectivity index (χ0) is 10.6. The quantitative estimate of drug-likeness (QED) is 0.494. The number of ketones is 1. The largest absolute Gasteiger partial charge is 0.294 e. The van der Waals surface area contributed by atoms with Gasteiger partial charge in [0.05, 0.1) is 0 Å². The Morgan fingerprint density at radius 2 is 2.13 bits per heavy atom. The Morgan fingerprint density at radius 3 is 2.67 bits per heavy atom. The maximum atomic E-state index is 11.7. The van der Waals surface area contributed by atoms with Crippen molar-refractivity contribution in [1.29, 1.82) is 0 Å². The molecule has 3 aliphatic carbocycles. The van der Waals surface area contributed by atoms with Crippen molar-refractivity contribution in [3.05, 3.63) is 35.5 Å². The molecular formula is C14H16O. The lowest BCUT2D eigenvalue weighted by Gasteiger charge is -2.07. The second-order valence-corrected chi connectivity index (χ2v) is 5.14. The monoisotopic (exact) mass is 200 g/mol. The lowest BCUT2D eigenvalue weighted by atomic mass is 9.98. The van der Waals surface area contributed by atoms with Crippen molar-refractivity contribution in [2.24, 2.45) is 17.8 Å². The summed E-state index contributed by atoms with van der Waals surface area (Å²) in [5.74, 6) is 1.93. The molecule has 0 saturated heterocycles. The van der Waals surface area contributed by atoms with Gasteiger partial charge in [-0.25, -0.2) is 0 Å². The van der Waals surface area contributed by atoms with Crippen LogP contribution in [0.25, 0.3) is 0 Å². The van der Waals surface area contributed by atoms with Crippen molar-refractivity contribution in [1.82, 2.24) is 0 Å². The summed E-state index contributed by atoms with van der Waals surface area (Å²) in [6.45, 7) is 5.56. The lowest BCUT2D eigenvalue weighted by molar-refractivity contribution is -0.116. The van der Waals surface area contributed by atoms with Gasteiger partial charge in [0, 0.05) is 5.92 Å². The molecule has 0 aromatic carbocycles. The van der Waals surface area contributed by atoms with Gasteiger partial charge in [0.1, 0.15) is 0 Å². The van der Waals surface area contributed by atoms with Gasteiger partial charge in [0.2, 0.25) is 0 Å². The standard InChI is InChI=1S/C14H16O/c1-8(2)14(15)13-7-12(13)11-6-9-3-4-10(11)5-9/h3-4,9-10,13H,1,5-7H2,2H3/b12-11+. The molecule has 2 fully saturated rings. The van der Waals surface area contributed by atoms with Crippen LogP contribution in [0.4, 0.5) is 0 Å². The molecule has 3 rings (SSSR count). The fraction of sp³-hybridized carbons (Fsp3) is 0.500. The second kappa shape index (κ2) is 2.94. The highest BCUT2D eigenvalue weighted by Crippen LogP contribution is 2.52. The molecule has 3 aliphatic rings. The minimum absolute atomic E-state index is 0.213. The van der Waals surface area contributed by atoms with Crippen LogP contribution in [0.5, 0.6) is 0 Å². The molecule has 78 valence electrons. The van der Waals surface area contributed by atoms with E-state index in [4.69, 9.17) is 0 Å². The third-order valence-corrected chi connectivity index (χ3v) is 3.94. The minimum Gasteiger partial charge on any atom is -0.294 e. The van der Waals surface area contributed by atoms with E-state index in [0.29, 0.717) is 11.5 Å². The van der Waals surface area contributed by atoms with E-state index in [-0.39, 0.29) is 11.7 Å². The second-order valence-electron chi connectivity index (χ2n) is 5.14. The molecule has 0 spiro atoms. The van der Waals surface area contributed by atoms with Gasteiger partial charge in [-0.05, 0) is 43.6 Å². The zero-order valence-corrected chi connectivity index (χ0v) is 9.12. The van der Waals surface area contributed by atoms with Crippen LogP contribution in [0.15, 0.2) is 35.5 Å². The van der Waals surface area contributed by atoms with Gasteiger partial charge in [0.25, 0.3) is 0 Å². The highest BCUT2D eigenvalue weighted by atomic mass is 16.1. The first kappa shape index (κ1) is 9.14. The fourth-order valence-corrected chi connectivity index (χ4v) is 3.05. The van der Waals surface area contributed by atoms with Gasteiger partial charge >= 0.3 is 0 Å². The highest BCUT2D eigenvalue weighted by molar-refractivity contribution is 6.01. The molecule has 0 amide bonds. The molecule has 2 saturated carbocycles. The third-order valence-electron chi connectivity index (χ3n) is 3.94. The molecule has 1 heteroatoms.